The predicted octanol–water partition coefficient (Wildman–Crippen LogP) is 2.24. The van der Waals surface area contributed by atoms with Crippen LogP contribution in [-0.2, 0) is 6.54 Å². The molecule has 5 rings (SSSR count). The maximum Gasteiger partial charge on any atom is 0.326 e. The lowest BCUT2D eigenvalue weighted by Gasteiger charge is -2.32. The molecule has 0 spiro atoms. The summed E-state index contributed by atoms with van der Waals surface area (Å²) in [7, 11) is 0. The van der Waals surface area contributed by atoms with Crippen LogP contribution in [0.5, 0.6) is 0 Å². The molecule has 27 heavy (non-hydrogen) atoms. The Morgan fingerprint density at radius 2 is 2.00 bits per heavy atom. The number of thiazole rings is 1. The summed E-state index contributed by atoms with van der Waals surface area (Å²) in [6.07, 6.45) is 3.56. The number of benzene rings is 1. The molecule has 1 saturated heterocycles. The van der Waals surface area contributed by atoms with Crippen LogP contribution < -0.4 is 11.2 Å². The normalized spacial score (nSPS) is 16.4. The van der Waals surface area contributed by atoms with Crippen LogP contribution in [-0.4, -0.2) is 36.9 Å². The Morgan fingerprint density at radius 3 is 2.85 bits per heavy atom. The molecule has 1 aromatic carbocycles. The van der Waals surface area contributed by atoms with Gasteiger partial charge in [-0.2, -0.15) is 0 Å². The van der Waals surface area contributed by atoms with E-state index >= 15 is 0 Å². The van der Waals surface area contributed by atoms with E-state index in [1.54, 1.807) is 16.7 Å². The van der Waals surface area contributed by atoms with Crippen molar-refractivity contribution in [3.05, 3.63) is 68.4 Å². The maximum absolute atomic E-state index is 12.4. The van der Waals surface area contributed by atoms with Crippen LogP contribution in [0.1, 0.15) is 24.6 Å². The third-order valence-electron chi connectivity index (χ3n) is 5.29. The summed E-state index contributed by atoms with van der Waals surface area (Å²) < 4.78 is 3.47. The number of likely N-dealkylation sites (tertiary alicyclic amines) is 1. The van der Waals surface area contributed by atoms with Crippen molar-refractivity contribution >= 4 is 27.3 Å². The lowest BCUT2D eigenvalue weighted by atomic mass is 10.0. The molecule has 0 unspecified atom stereocenters. The lowest BCUT2D eigenvalue weighted by Crippen LogP contribution is -2.37. The zero-order valence-electron chi connectivity index (χ0n) is 14.7. The molecule has 1 fully saturated rings. The maximum atomic E-state index is 12.4. The van der Waals surface area contributed by atoms with Crippen LogP contribution in [0, 0.1) is 0 Å². The number of nitrogens with one attached hydrogen (secondary N) is 1. The van der Waals surface area contributed by atoms with Crippen molar-refractivity contribution in [2.24, 2.45) is 0 Å². The predicted molar refractivity (Wildman–Crippen MR) is 105 cm³/mol. The Hall–Kier alpha value is -2.71. The summed E-state index contributed by atoms with van der Waals surface area (Å²) >= 11 is 1.47. The first-order valence-corrected chi connectivity index (χ1v) is 9.94. The van der Waals surface area contributed by atoms with Gasteiger partial charge in [0.2, 0.25) is 0 Å². The molecule has 1 N–H and O–H groups in total. The Balaban J connectivity index is 1.33. The van der Waals surface area contributed by atoms with Gasteiger partial charge in [0.25, 0.3) is 5.56 Å². The second-order valence-electron chi connectivity index (χ2n) is 6.97. The number of H-pyrrole nitrogens is 1. The number of hydrogen-bond donors (Lipinski definition) is 1. The number of aromatic nitrogens is 4. The van der Waals surface area contributed by atoms with Crippen LogP contribution in [0.4, 0.5) is 0 Å². The smallest absolute Gasteiger partial charge is 0.306 e. The number of nitrogens with zero attached hydrogens (tertiary/aromatic N) is 4. The fraction of sp³-hybridized carbons (Fsp3) is 0.316. The third-order valence-corrected chi connectivity index (χ3v) is 6.04. The number of piperidine rings is 1. The van der Waals surface area contributed by atoms with E-state index in [2.05, 4.69) is 14.9 Å². The van der Waals surface area contributed by atoms with Gasteiger partial charge in [-0.25, -0.2) is 9.78 Å². The van der Waals surface area contributed by atoms with Crippen LogP contribution in [0.15, 0.2) is 51.5 Å². The Morgan fingerprint density at radius 1 is 1.19 bits per heavy atom. The second kappa shape index (κ2) is 6.47. The average molecular weight is 381 g/mol. The molecular formula is C19H19N5O2S. The molecule has 138 valence electrons. The molecule has 0 aliphatic carbocycles. The molecular weight excluding hydrogens is 362 g/mol. The molecule has 4 aromatic rings. The van der Waals surface area contributed by atoms with Crippen LogP contribution in [0.25, 0.3) is 16.0 Å². The first-order valence-electron chi connectivity index (χ1n) is 9.06. The average Bonchev–Trinajstić information content (AvgIpc) is 3.26. The van der Waals surface area contributed by atoms with E-state index in [-0.39, 0.29) is 17.3 Å². The fourth-order valence-electron chi connectivity index (χ4n) is 3.97. The largest absolute Gasteiger partial charge is 0.326 e. The molecule has 7 nitrogen and oxygen atoms in total. The van der Waals surface area contributed by atoms with Gasteiger partial charge < -0.3 is 4.98 Å². The molecule has 8 heteroatoms. The van der Waals surface area contributed by atoms with Gasteiger partial charge >= 0.3 is 5.69 Å². The van der Waals surface area contributed by atoms with Crippen molar-refractivity contribution in [2.45, 2.75) is 25.4 Å². The summed E-state index contributed by atoms with van der Waals surface area (Å²) in [4.78, 5) is 35.1. The van der Waals surface area contributed by atoms with Crippen LogP contribution in [0.2, 0.25) is 0 Å². The minimum atomic E-state index is -0.0347. The van der Waals surface area contributed by atoms with Gasteiger partial charge in [0.1, 0.15) is 0 Å². The Labute approximate surface area is 158 Å². The monoisotopic (exact) mass is 381 g/mol. The van der Waals surface area contributed by atoms with Crippen molar-refractivity contribution in [2.75, 3.05) is 13.1 Å². The highest BCUT2D eigenvalue weighted by atomic mass is 32.1. The molecule has 4 heterocycles. The van der Waals surface area contributed by atoms with Crippen molar-refractivity contribution in [1.82, 2.24) is 23.8 Å². The van der Waals surface area contributed by atoms with Crippen molar-refractivity contribution in [3.63, 3.8) is 0 Å². The molecule has 0 bridgehead atoms. The van der Waals surface area contributed by atoms with E-state index in [1.807, 2.05) is 34.2 Å². The Bertz CT molecular complexity index is 1230. The summed E-state index contributed by atoms with van der Waals surface area (Å²) in [6, 6.07) is 9.65. The topological polar surface area (TPSA) is 75.4 Å². The molecule has 1 aliphatic heterocycles. The van der Waals surface area contributed by atoms with Gasteiger partial charge in [-0.15, -0.1) is 11.3 Å². The standard InChI is InChI=1S/C19H19N5O2S/c25-17-11-13(20-19-23(17)9-10-27-19)12-22-7-5-14(6-8-22)24-16-4-2-1-3-15(16)21-18(24)26/h1-4,9-11,14H,5-8,12H2,(H,21,26). The van der Waals surface area contributed by atoms with Gasteiger partial charge in [0, 0.05) is 43.3 Å². The highest BCUT2D eigenvalue weighted by molar-refractivity contribution is 7.15. The summed E-state index contributed by atoms with van der Waals surface area (Å²) in [6.45, 7) is 2.42. The number of rotatable bonds is 3. The SMILES string of the molecule is O=c1[nH]c2ccccc2n1C1CCN(Cc2cc(=O)n3ccsc3n2)CC1. The van der Waals surface area contributed by atoms with Crippen molar-refractivity contribution < 1.29 is 0 Å². The van der Waals surface area contributed by atoms with Crippen LogP contribution in [0.3, 0.4) is 0 Å². The molecule has 0 atom stereocenters. The number of aromatic amines is 1. The summed E-state index contributed by atoms with van der Waals surface area (Å²) in [5.41, 5.74) is 2.60. The van der Waals surface area contributed by atoms with Gasteiger partial charge in [0.15, 0.2) is 4.96 Å². The van der Waals surface area contributed by atoms with Crippen molar-refractivity contribution in [3.8, 4) is 0 Å². The van der Waals surface area contributed by atoms with E-state index in [4.69, 9.17) is 0 Å². The quantitative estimate of drug-likeness (QED) is 0.591. The van der Waals surface area contributed by atoms with Gasteiger partial charge in [-0.1, -0.05) is 12.1 Å². The van der Waals surface area contributed by atoms with Gasteiger partial charge in [0.05, 0.1) is 16.7 Å². The van der Waals surface area contributed by atoms with E-state index in [1.165, 1.54) is 11.3 Å². The zero-order chi connectivity index (χ0) is 18.4. The summed E-state index contributed by atoms with van der Waals surface area (Å²) in [5.74, 6) is 0. The number of hydrogen-bond acceptors (Lipinski definition) is 5. The highest BCUT2D eigenvalue weighted by Gasteiger charge is 2.24. The molecule has 0 saturated carbocycles. The molecule has 3 aromatic heterocycles. The lowest BCUT2D eigenvalue weighted by molar-refractivity contribution is 0.178. The van der Waals surface area contributed by atoms with E-state index in [0.717, 1.165) is 47.6 Å². The minimum Gasteiger partial charge on any atom is -0.306 e. The molecule has 0 amide bonds. The van der Waals surface area contributed by atoms with E-state index in [0.29, 0.717) is 6.54 Å². The first kappa shape index (κ1) is 16.5. The number of imidazole rings is 1. The zero-order valence-corrected chi connectivity index (χ0v) is 15.5. The summed E-state index contributed by atoms with van der Waals surface area (Å²) in [5, 5.41) is 1.87. The first-order chi connectivity index (χ1) is 13.2. The van der Waals surface area contributed by atoms with Gasteiger partial charge in [-0.05, 0) is 25.0 Å². The van der Waals surface area contributed by atoms with Gasteiger partial charge in [-0.3, -0.25) is 18.7 Å². The van der Waals surface area contributed by atoms with E-state index < -0.39 is 0 Å². The molecule has 1 aliphatic rings. The fourth-order valence-corrected chi connectivity index (χ4v) is 4.71. The number of para-hydroxylation sites is 2. The third kappa shape index (κ3) is 2.90. The second-order valence-corrected chi connectivity index (χ2v) is 7.84. The highest BCUT2D eigenvalue weighted by Crippen LogP contribution is 2.25. The Kier molecular flexibility index (Phi) is 3.95. The van der Waals surface area contributed by atoms with Crippen molar-refractivity contribution in [1.29, 1.82) is 0 Å². The minimum absolute atomic E-state index is 0.0310. The molecule has 0 radical (unpaired) electrons. The van der Waals surface area contributed by atoms with E-state index in [9.17, 15) is 9.59 Å². The van der Waals surface area contributed by atoms with Crippen LogP contribution >= 0.6 is 11.3 Å². The number of fused-ring (bicyclic) bond motifs is 2.